The summed E-state index contributed by atoms with van der Waals surface area (Å²) in [4.78, 5) is 22.8. The molecule has 0 fully saturated rings. The molecule has 0 aromatic heterocycles. The van der Waals surface area contributed by atoms with Crippen LogP contribution in [0.2, 0.25) is 0 Å². The first-order valence-electron chi connectivity index (χ1n) is 6.64. The van der Waals surface area contributed by atoms with Crippen LogP contribution in [-0.2, 0) is 4.79 Å². The number of hydrogen-bond acceptors (Lipinski definition) is 3. The number of hydrogen-bond donors (Lipinski definition) is 3. The van der Waals surface area contributed by atoms with Gasteiger partial charge in [-0.2, -0.15) is 13.2 Å². The van der Waals surface area contributed by atoms with Gasteiger partial charge in [-0.25, -0.2) is 4.79 Å². The van der Waals surface area contributed by atoms with Crippen LogP contribution in [0.3, 0.4) is 0 Å². The topological polar surface area (TPSA) is 93.4 Å². The Morgan fingerprint density at radius 3 is 2.48 bits per heavy atom. The van der Waals surface area contributed by atoms with Crippen molar-refractivity contribution in [3.63, 3.8) is 0 Å². The summed E-state index contributed by atoms with van der Waals surface area (Å²) in [6, 6.07) is 4.90. The standard InChI is InChI=1S/C14H18F3N3O3/c1-13(2,11(18)21)7-19-12(22)20-9-4-3-5-10(6-9)23-8-14(15,16)17/h3-6H,7-8H2,1-2H3,(H2,18,21)(H2,19,20,22). The molecule has 9 heteroatoms. The first kappa shape index (κ1) is 18.6. The highest BCUT2D eigenvalue weighted by Crippen LogP contribution is 2.21. The molecule has 3 amide bonds. The fourth-order valence-corrected chi connectivity index (χ4v) is 1.39. The summed E-state index contributed by atoms with van der Waals surface area (Å²) in [5.41, 5.74) is 4.51. The molecule has 6 nitrogen and oxygen atoms in total. The van der Waals surface area contributed by atoms with Gasteiger partial charge >= 0.3 is 12.2 Å². The van der Waals surface area contributed by atoms with Crippen LogP contribution in [0.25, 0.3) is 0 Å². The van der Waals surface area contributed by atoms with Crippen molar-refractivity contribution in [3.05, 3.63) is 24.3 Å². The zero-order valence-electron chi connectivity index (χ0n) is 12.7. The molecule has 0 aliphatic carbocycles. The van der Waals surface area contributed by atoms with Crippen LogP contribution in [0.4, 0.5) is 23.7 Å². The Kier molecular flexibility index (Phi) is 5.83. The second-order valence-electron chi connectivity index (χ2n) is 5.49. The van der Waals surface area contributed by atoms with Gasteiger partial charge in [-0.15, -0.1) is 0 Å². The van der Waals surface area contributed by atoms with Crippen molar-refractivity contribution in [3.8, 4) is 5.75 Å². The van der Waals surface area contributed by atoms with Crippen LogP contribution in [0.1, 0.15) is 13.8 Å². The van der Waals surface area contributed by atoms with E-state index in [2.05, 4.69) is 15.4 Å². The molecular formula is C14H18F3N3O3. The SMILES string of the molecule is CC(C)(CNC(=O)Nc1cccc(OCC(F)(F)F)c1)C(N)=O. The van der Waals surface area contributed by atoms with E-state index in [-0.39, 0.29) is 18.0 Å². The van der Waals surface area contributed by atoms with Crippen molar-refractivity contribution in [2.45, 2.75) is 20.0 Å². The molecule has 0 bridgehead atoms. The van der Waals surface area contributed by atoms with Crippen LogP contribution >= 0.6 is 0 Å². The predicted octanol–water partition coefficient (Wildman–Crippen LogP) is 2.26. The quantitative estimate of drug-likeness (QED) is 0.745. The van der Waals surface area contributed by atoms with E-state index in [1.807, 2.05) is 0 Å². The molecular weight excluding hydrogens is 315 g/mol. The summed E-state index contributed by atoms with van der Waals surface area (Å²) in [5, 5.41) is 4.88. The van der Waals surface area contributed by atoms with Gasteiger partial charge < -0.3 is 21.1 Å². The van der Waals surface area contributed by atoms with E-state index in [1.54, 1.807) is 13.8 Å². The van der Waals surface area contributed by atoms with Gasteiger partial charge in [0.05, 0.1) is 5.41 Å². The number of carbonyl (C=O) groups is 2. The second kappa shape index (κ2) is 7.21. The Bertz CT molecular complexity index is 574. The molecule has 0 spiro atoms. The number of primary amides is 1. The number of amides is 3. The van der Waals surface area contributed by atoms with Crippen LogP contribution in [0, 0.1) is 5.41 Å². The minimum absolute atomic E-state index is 0.0123. The van der Waals surface area contributed by atoms with E-state index in [9.17, 15) is 22.8 Å². The van der Waals surface area contributed by atoms with Gasteiger partial charge in [-0.05, 0) is 26.0 Å². The summed E-state index contributed by atoms with van der Waals surface area (Å²) in [7, 11) is 0. The lowest BCUT2D eigenvalue weighted by Crippen LogP contribution is -2.43. The first-order valence-corrected chi connectivity index (χ1v) is 6.64. The van der Waals surface area contributed by atoms with Crippen LogP contribution < -0.4 is 21.1 Å². The Morgan fingerprint density at radius 1 is 1.26 bits per heavy atom. The molecule has 0 aliphatic rings. The molecule has 23 heavy (non-hydrogen) atoms. The number of ether oxygens (including phenoxy) is 1. The zero-order valence-corrected chi connectivity index (χ0v) is 12.7. The number of nitrogens with one attached hydrogen (secondary N) is 2. The van der Waals surface area contributed by atoms with Gasteiger partial charge in [0.1, 0.15) is 5.75 Å². The van der Waals surface area contributed by atoms with Crippen molar-refractivity contribution in [1.29, 1.82) is 0 Å². The molecule has 1 rings (SSSR count). The lowest BCUT2D eigenvalue weighted by atomic mass is 9.93. The lowest BCUT2D eigenvalue weighted by Gasteiger charge is -2.20. The molecule has 0 heterocycles. The highest BCUT2D eigenvalue weighted by atomic mass is 19.4. The molecule has 0 radical (unpaired) electrons. The van der Waals surface area contributed by atoms with Crippen molar-refractivity contribution < 1.29 is 27.5 Å². The number of halogens is 3. The average Bonchev–Trinajstić information content (AvgIpc) is 2.43. The van der Waals surface area contributed by atoms with Gasteiger partial charge in [-0.1, -0.05) is 6.07 Å². The third-order valence-corrected chi connectivity index (χ3v) is 2.85. The van der Waals surface area contributed by atoms with Crippen molar-refractivity contribution >= 4 is 17.6 Å². The molecule has 0 saturated carbocycles. The average molecular weight is 333 g/mol. The monoisotopic (exact) mass is 333 g/mol. The van der Waals surface area contributed by atoms with Crippen LogP contribution in [0.5, 0.6) is 5.75 Å². The third-order valence-electron chi connectivity index (χ3n) is 2.85. The predicted molar refractivity (Wildman–Crippen MR) is 78.0 cm³/mol. The van der Waals surface area contributed by atoms with Gasteiger partial charge in [-0.3, -0.25) is 4.79 Å². The molecule has 0 aliphatic heterocycles. The summed E-state index contributed by atoms with van der Waals surface area (Å²) >= 11 is 0. The Hall–Kier alpha value is -2.45. The summed E-state index contributed by atoms with van der Waals surface area (Å²) in [6.07, 6.45) is -4.44. The number of urea groups is 1. The molecule has 1 aromatic carbocycles. The highest BCUT2D eigenvalue weighted by Gasteiger charge is 2.28. The summed E-state index contributed by atoms with van der Waals surface area (Å²) < 4.78 is 40.8. The van der Waals surface area contributed by atoms with E-state index in [1.165, 1.54) is 24.3 Å². The molecule has 1 aromatic rings. The van der Waals surface area contributed by atoms with Crippen LogP contribution in [-0.4, -0.2) is 31.3 Å². The minimum atomic E-state index is -4.44. The van der Waals surface area contributed by atoms with Crippen molar-refractivity contribution in [2.24, 2.45) is 11.1 Å². The normalized spacial score (nSPS) is 11.7. The number of anilines is 1. The molecule has 0 saturated heterocycles. The lowest BCUT2D eigenvalue weighted by molar-refractivity contribution is -0.153. The number of rotatable bonds is 6. The van der Waals surface area contributed by atoms with Crippen molar-refractivity contribution in [2.75, 3.05) is 18.5 Å². The van der Waals surface area contributed by atoms with E-state index in [4.69, 9.17) is 5.73 Å². The maximum Gasteiger partial charge on any atom is 0.422 e. The minimum Gasteiger partial charge on any atom is -0.484 e. The molecule has 0 unspecified atom stereocenters. The fraction of sp³-hybridized carbons (Fsp3) is 0.429. The van der Waals surface area contributed by atoms with Gasteiger partial charge in [0, 0.05) is 18.3 Å². The third kappa shape index (κ3) is 6.90. The number of nitrogens with two attached hydrogens (primary N) is 1. The van der Waals surface area contributed by atoms with E-state index < -0.39 is 30.1 Å². The smallest absolute Gasteiger partial charge is 0.422 e. The zero-order chi connectivity index (χ0) is 17.7. The van der Waals surface area contributed by atoms with Crippen LogP contribution in [0.15, 0.2) is 24.3 Å². The van der Waals surface area contributed by atoms with E-state index in [0.29, 0.717) is 0 Å². The maximum absolute atomic E-state index is 12.1. The Morgan fingerprint density at radius 2 is 1.91 bits per heavy atom. The summed E-state index contributed by atoms with van der Waals surface area (Å²) in [5.74, 6) is -0.599. The van der Waals surface area contributed by atoms with Gasteiger partial charge in [0.15, 0.2) is 6.61 Å². The van der Waals surface area contributed by atoms with E-state index >= 15 is 0 Å². The molecule has 0 atom stereocenters. The largest absolute Gasteiger partial charge is 0.484 e. The van der Waals surface area contributed by atoms with E-state index in [0.717, 1.165) is 0 Å². The maximum atomic E-state index is 12.1. The van der Waals surface area contributed by atoms with Crippen molar-refractivity contribution in [1.82, 2.24) is 5.32 Å². The fourth-order valence-electron chi connectivity index (χ4n) is 1.39. The second-order valence-corrected chi connectivity index (χ2v) is 5.49. The first-order chi connectivity index (χ1) is 10.5. The van der Waals surface area contributed by atoms with Gasteiger partial charge in [0.2, 0.25) is 5.91 Å². The Labute approximate surface area is 131 Å². The number of carbonyl (C=O) groups excluding carboxylic acids is 2. The Balaban J connectivity index is 2.57. The number of benzene rings is 1. The molecule has 128 valence electrons. The molecule has 4 N–H and O–H groups in total. The van der Waals surface area contributed by atoms with Gasteiger partial charge in [0.25, 0.3) is 0 Å². The highest BCUT2D eigenvalue weighted by molar-refractivity contribution is 5.90. The summed E-state index contributed by atoms with van der Waals surface area (Å²) in [6.45, 7) is 1.73. The number of alkyl halides is 3.